The zero-order valence-corrected chi connectivity index (χ0v) is 9.95. The van der Waals surface area contributed by atoms with Crippen molar-refractivity contribution >= 4 is 5.84 Å². The summed E-state index contributed by atoms with van der Waals surface area (Å²) in [4.78, 5) is 0. The summed E-state index contributed by atoms with van der Waals surface area (Å²) in [5.41, 5.74) is 5.05. The molecule has 0 saturated carbocycles. The van der Waals surface area contributed by atoms with Crippen molar-refractivity contribution in [2.45, 2.75) is 25.4 Å². The summed E-state index contributed by atoms with van der Waals surface area (Å²) in [5.74, 6) is -2.39. The number of nitrogens with two attached hydrogens (primary N) is 1. The molecule has 18 heavy (non-hydrogen) atoms. The van der Waals surface area contributed by atoms with Gasteiger partial charge in [-0.1, -0.05) is 17.3 Å². The van der Waals surface area contributed by atoms with Crippen LogP contribution in [0.5, 0.6) is 0 Å². The van der Waals surface area contributed by atoms with Gasteiger partial charge in [-0.05, 0) is 31.7 Å². The van der Waals surface area contributed by atoms with Gasteiger partial charge in [-0.3, -0.25) is 0 Å². The molecule has 0 fully saturated rings. The molecule has 4 nitrogen and oxygen atoms in total. The summed E-state index contributed by atoms with van der Waals surface area (Å²) in [7, 11) is 0. The molecular weight excluding hydrogens is 247 g/mol. The number of oxime groups is 1. The van der Waals surface area contributed by atoms with E-state index >= 15 is 0 Å². The maximum atomic E-state index is 12.6. The molecule has 0 spiro atoms. The first kappa shape index (κ1) is 14.8. The summed E-state index contributed by atoms with van der Waals surface area (Å²) in [6.07, 6.45) is 2.44. The van der Waals surface area contributed by atoms with Crippen molar-refractivity contribution in [3.8, 4) is 0 Å². The van der Waals surface area contributed by atoms with E-state index < -0.39 is 17.9 Å². The van der Waals surface area contributed by atoms with Crippen LogP contribution in [-0.4, -0.2) is 30.3 Å². The summed E-state index contributed by atoms with van der Waals surface area (Å²) in [6, 6.07) is 0. The highest BCUT2D eigenvalue weighted by Crippen LogP contribution is 2.26. The maximum absolute atomic E-state index is 12.6. The Balaban J connectivity index is 2.40. The number of hydrogen-bond donors (Lipinski definition) is 3. The summed E-state index contributed by atoms with van der Waals surface area (Å²) < 4.78 is 37.8. The SMILES string of the molecule is N/C(=N/O)C(CNCC1CC=CCC1)C(F)(F)F. The zero-order chi connectivity index (χ0) is 13.6. The fourth-order valence-corrected chi connectivity index (χ4v) is 1.93. The van der Waals surface area contributed by atoms with Crippen LogP contribution in [0, 0.1) is 11.8 Å². The van der Waals surface area contributed by atoms with E-state index in [1.54, 1.807) is 0 Å². The average Bonchev–Trinajstić information content (AvgIpc) is 2.33. The van der Waals surface area contributed by atoms with Gasteiger partial charge >= 0.3 is 6.18 Å². The second kappa shape index (κ2) is 6.63. The molecule has 4 N–H and O–H groups in total. The van der Waals surface area contributed by atoms with Gasteiger partial charge in [0.05, 0.1) is 0 Å². The van der Waals surface area contributed by atoms with Crippen LogP contribution in [0.1, 0.15) is 19.3 Å². The number of amidine groups is 1. The normalized spacial score (nSPS) is 23.1. The van der Waals surface area contributed by atoms with Crippen molar-refractivity contribution in [1.82, 2.24) is 5.32 Å². The number of halogens is 3. The lowest BCUT2D eigenvalue weighted by atomic mass is 9.94. The minimum Gasteiger partial charge on any atom is -0.409 e. The third-order valence-electron chi connectivity index (χ3n) is 3.03. The van der Waals surface area contributed by atoms with Crippen molar-refractivity contribution < 1.29 is 18.4 Å². The van der Waals surface area contributed by atoms with Crippen LogP contribution in [0.4, 0.5) is 13.2 Å². The van der Waals surface area contributed by atoms with Crippen molar-refractivity contribution in [3.63, 3.8) is 0 Å². The van der Waals surface area contributed by atoms with Crippen LogP contribution in [0.3, 0.4) is 0 Å². The summed E-state index contributed by atoms with van der Waals surface area (Å²) in [6.45, 7) is 0.148. The largest absolute Gasteiger partial charge is 0.409 e. The predicted octanol–water partition coefficient (Wildman–Crippen LogP) is 1.86. The quantitative estimate of drug-likeness (QED) is 0.233. The van der Waals surface area contributed by atoms with Crippen molar-refractivity contribution in [2.75, 3.05) is 13.1 Å². The first-order valence-electron chi connectivity index (χ1n) is 5.85. The van der Waals surface area contributed by atoms with Gasteiger partial charge in [0.25, 0.3) is 0 Å². The van der Waals surface area contributed by atoms with E-state index in [1.807, 2.05) is 6.08 Å². The Labute approximate surface area is 104 Å². The molecule has 2 unspecified atom stereocenters. The monoisotopic (exact) mass is 265 g/mol. The highest BCUT2D eigenvalue weighted by Gasteiger charge is 2.42. The maximum Gasteiger partial charge on any atom is 0.400 e. The lowest BCUT2D eigenvalue weighted by Crippen LogP contribution is -2.43. The number of allylic oxidation sites excluding steroid dienone is 2. The van der Waals surface area contributed by atoms with Gasteiger partial charge in [0.15, 0.2) is 5.84 Å². The van der Waals surface area contributed by atoms with E-state index in [0.29, 0.717) is 12.5 Å². The number of hydrogen-bond acceptors (Lipinski definition) is 3. The van der Waals surface area contributed by atoms with E-state index in [4.69, 9.17) is 10.9 Å². The smallest absolute Gasteiger partial charge is 0.400 e. The van der Waals surface area contributed by atoms with Crippen LogP contribution in [-0.2, 0) is 0 Å². The number of alkyl halides is 3. The Morgan fingerprint density at radius 2 is 2.22 bits per heavy atom. The molecule has 0 radical (unpaired) electrons. The van der Waals surface area contributed by atoms with E-state index in [1.165, 1.54) is 0 Å². The van der Waals surface area contributed by atoms with Crippen molar-refractivity contribution in [1.29, 1.82) is 0 Å². The van der Waals surface area contributed by atoms with Gasteiger partial charge in [0, 0.05) is 6.54 Å². The lowest BCUT2D eigenvalue weighted by Gasteiger charge is -2.22. The number of nitrogens with one attached hydrogen (secondary N) is 1. The average molecular weight is 265 g/mol. The second-order valence-corrected chi connectivity index (χ2v) is 4.43. The Kier molecular flexibility index (Phi) is 5.46. The van der Waals surface area contributed by atoms with E-state index in [0.717, 1.165) is 19.3 Å². The number of nitrogens with zero attached hydrogens (tertiary/aromatic N) is 1. The minimum atomic E-state index is -4.50. The molecule has 0 aliphatic heterocycles. The highest BCUT2D eigenvalue weighted by atomic mass is 19.4. The highest BCUT2D eigenvalue weighted by molar-refractivity contribution is 5.83. The molecule has 1 aliphatic carbocycles. The van der Waals surface area contributed by atoms with E-state index in [-0.39, 0.29) is 6.54 Å². The summed E-state index contributed by atoms with van der Waals surface area (Å²) >= 11 is 0. The predicted molar refractivity (Wildman–Crippen MR) is 62.3 cm³/mol. The third kappa shape index (κ3) is 4.56. The molecule has 0 saturated heterocycles. The molecule has 0 aromatic carbocycles. The van der Waals surface area contributed by atoms with Crippen LogP contribution in [0.2, 0.25) is 0 Å². The Bertz CT molecular complexity index is 315. The molecule has 1 rings (SSSR count). The molecule has 0 aromatic heterocycles. The zero-order valence-electron chi connectivity index (χ0n) is 9.95. The lowest BCUT2D eigenvalue weighted by molar-refractivity contribution is -0.155. The van der Waals surface area contributed by atoms with Crippen molar-refractivity contribution in [2.24, 2.45) is 22.7 Å². The molecular formula is C11H18F3N3O. The molecule has 2 atom stereocenters. The minimum absolute atomic E-state index is 0.358. The summed E-state index contributed by atoms with van der Waals surface area (Å²) in [5, 5.41) is 13.5. The molecule has 0 bridgehead atoms. The molecule has 0 amide bonds. The van der Waals surface area contributed by atoms with Crippen LogP contribution in [0.15, 0.2) is 17.3 Å². The van der Waals surface area contributed by atoms with Gasteiger partial charge < -0.3 is 16.3 Å². The molecule has 104 valence electrons. The molecule has 0 aromatic rings. The van der Waals surface area contributed by atoms with Gasteiger partial charge in [-0.2, -0.15) is 13.2 Å². The second-order valence-electron chi connectivity index (χ2n) is 4.43. The van der Waals surface area contributed by atoms with E-state index in [2.05, 4.69) is 16.5 Å². The van der Waals surface area contributed by atoms with Crippen LogP contribution >= 0.6 is 0 Å². The fraction of sp³-hybridized carbons (Fsp3) is 0.727. The Morgan fingerprint density at radius 3 is 2.72 bits per heavy atom. The topological polar surface area (TPSA) is 70.6 Å². The van der Waals surface area contributed by atoms with E-state index in [9.17, 15) is 13.2 Å². The first-order chi connectivity index (χ1) is 8.45. The molecule has 0 heterocycles. The van der Waals surface area contributed by atoms with Crippen LogP contribution < -0.4 is 11.1 Å². The van der Waals surface area contributed by atoms with Gasteiger partial charge in [0.1, 0.15) is 5.92 Å². The fourth-order valence-electron chi connectivity index (χ4n) is 1.93. The van der Waals surface area contributed by atoms with Crippen molar-refractivity contribution in [3.05, 3.63) is 12.2 Å². The third-order valence-corrected chi connectivity index (χ3v) is 3.03. The molecule has 1 aliphatic rings. The Morgan fingerprint density at radius 1 is 1.50 bits per heavy atom. The standard InChI is InChI=1S/C11H18F3N3O/c12-11(13,14)9(10(15)17-18)7-16-6-8-4-2-1-3-5-8/h1-2,8-9,16,18H,3-7H2,(H2,15,17). The number of rotatable bonds is 5. The van der Waals surface area contributed by atoms with Gasteiger partial charge in [-0.15, -0.1) is 0 Å². The van der Waals surface area contributed by atoms with Gasteiger partial charge in [0.2, 0.25) is 0 Å². The Hall–Kier alpha value is -1.24. The molecule has 7 heteroatoms. The van der Waals surface area contributed by atoms with Crippen LogP contribution in [0.25, 0.3) is 0 Å². The first-order valence-corrected chi connectivity index (χ1v) is 5.85. The van der Waals surface area contributed by atoms with Gasteiger partial charge in [-0.25, -0.2) is 0 Å².